The second-order valence-electron chi connectivity index (χ2n) is 9.91. The Morgan fingerprint density at radius 3 is 2.46 bits per heavy atom. The standard InChI is InChI=1S/C28H35N15O3/c1-34-14-4-6-18(20(9-14)23(30)42-43-33)26(45)35-8-2-3-16(13-44)39-27(46)19-7-5-15(10-21(19)29)36-11-17-12-37-25-22(38-17)24(31)40-28(32)41-25/h4-7,9-10,12-13,16,34,36,43H,2-3,8,11,29,33H2,1H3,(H2,30,42)(H,35,45)(H,39,46)(H4,31,32,37,40,41). The second kappa shape index (κ2) is 14.9. The molecule has 2 heterocycles. The number of nitrogen functional groups attached to an aromatic ring is 3. The minimum atomic E-state index is -0.802. The predicted octanol–water partition coefficient (Wildman–Crippen LogP) is -0.589. The molecule has 0 bridgehead atoms. The van der Waals surface area contributed by atoms with E-state index in [9.17, 15) is 14.4 Å². The van der Waals surface area contributed by atoms with Crippen LogP contribution in [0.5, 0.6) is 0 Å². The smallest absolute Gasteiger partial charge is 0.253 e. The summed E-state index contributed by atoms with van der Waals surface area (Å²) in [5, 5.41) is 15.3. The van der Waals surface area contributed by atoms with Crippen LogP contribution >= 0.6 is 0 Å². The molecule has 1 atom stereocenters. The number of rotatable bonds is 14. The third-order valence-electron chi connectivity index (χ3n) is 6.74. The van der Waals surface area contributed by atoms with Crippen LogP contribution in [0, 0.1) is 0 Å². The second-order valence-corrected chi connectivity index (χ2v) is 9.91. The maximum atomic E-state index is 12.9. The van der Waals surface area contributed by atoms with Crippen molar-refractivity contribution in [3.63, 3.8) is 0 Å². The maximum absolute atomic E-state index is 12.9. The number of nitrogens with zero attached hydrogens (tertiary/aromatic N) is 5. The summed E-state index contributed by atoms with van der Waals surface area (Å²) < 4.78 is 0. The van der Waals surface area contributed by atoms with Crippen LogP contribution in [-0.4, -0.2) is 63.5 Å². The Hall–Kier alpha value is -6.30. The van der Waals surface area contributed by atoms with Gasteiger partial charge in [0.15, 0.2) is 22.8 Å². The number of anilines is 5. The van der Waals surface area contributed by atoms with Gasteiger partial charge in [-0.2, -0.15) is 9.97 Å². The van der Waals surface area contributed by atoms with E-state index in [1.807, 2.05) is 0 Å². The number of aldehydes is 1. The zero-order chi connectivity index (χ0) is 33.2. The zero-order valence-electron chi connectivity index (χ0n) is 24.9. The lowest BCUT2D eigenvalue weighted by molar-refractivity contribution is -0.109. The van der Waals surface area contributed by atoms with Crippen LogP contribution in [0.25, 0.3) is 11.2 Å². The van der Waals surface area contributed by atoms with Crippen LogP contribution < -0.4 is 55.6 Å². The molecule has 0 fully saturated rings. The zero-order valence-corrected chi connectivity index (χ0v) is 24.9. The molecule has 0 saturated heterocycles. The van der Waals surface area contributed by atoms with Crippen molar-refractivity contribution < 1.29 is 14.4 Å². The van der Waals surface area contributed by atoms with Crippen LogP contribution in [-0.2, 0) is 11.3 Å². The number of amidine groups is 1. The van der Waals surface area contributed by atoms with Crippen molar-refractivity contribution in [2.45, 2.75) is 25.4 Å². The van der Waals surface area contributed by atoms with Gasteiger partial charge in [-0.25, -0.2) is 21.3 Å². The number of benzene rings is 2. The quantitative estimate of drug-likeness (QED) is 0.0158. The molecule has 18 nitrogen and oxygen atoms in total. The highest BCUT2D eigenvalue weighted by Gasteiger charge is 2.18. The predicted molar refractivity (Wildman–Crippen MR) is 175 cm³/mol. The summed E-state index contributed by atoms with van der Waals surface area (Å²) in [7, 11) is 1.73. The van der Waals surface area contributed by atoms with Crippen molar-refractivity contribution in [2.24, 2.45) is 16.7 Å². The highest BCUT2D eigenvalue weighted by Crippen LogP contribution is 2.20. The van der Waals surface area contributed by atoms with Gasteiger partial charge in [0, 0.05) is 36.2 Å². The molecule has 2 aromatic heterocycles. The van der Waals surface area contributed by atoms with Gasteiger partial charge in [-0.15, -0.1) is 5.10 Å². The highest BCUT2D eigenvalue weighted by molar-refractivity contribution is 6.09. The summed E-state index contributed by atoms with van der Waals surface area (Å²) in [6.07, 6.45) is 2.83. The number of carbonyl (C=O) groups is 3. The molecule has 0 aliphatic rings. The molecule has 0 aliphatic carbocycles. The van der Waals surface area contributed by atoms with Crippen LogP contribution in [0.15, 0.2) is 47.7 Å². The molecule has 240 valence electrons. The molecule has 0 spiro atoms. The number of hydrogen-bond acceptors (Lipinski definition) is 15. The van der Waals surface area contributed by atoms with Crippen molar-refractivity contribution in [3.05, 3.63) is 65.0 Å². The first-order valence-corrected chi connectivity index (χ1v) is 14.0. The van der Waals surface area contributed by atoms with Gasteiger partial charge < -0.3 is 49.0 Å². The Bertz CT molecular complexity index is 1780. The first-order chi connectivity index (χ1) is 22.1. The number of carbonyl (C=O) groups excluding carboxylic acids is 3. The molecule has 18 heteroatoms. The topological polar surface area (TPSA) is 305 Å². The van der Waals surface area contributed by atoms with Gasteiger partial charge in [0.05, 0.1) is 35.6 Å². The molecule has 4 aromatic rings. The minimum Gasteiger partial charge on any atom is -0.398 e. The molecule has 4 rings (SSSR count). The van der Waals surface area contributed by atoms with Gasteiger partial charge in [-0.3, -0.25) is 9.59 Å². The van der Waals surface area contributed by atoms with E-state index < -0.39 is 17.9 Å². The summed E-state index contributed by atoms with van der Waals surface area (Å²) >= 11 is 0. The number of hydrazine groups is 1. The molecule has 1 unspecified atom stereocenters. The van der Waals surface area contributed by atoms with Gasteiger partial charge in [0.25, 0.3) is 11.8 Å². The number of fused-ring (bicyclic) bond motifs is 1. The average molecular weight is 630 g/mol. The fourth-order valence-electron chi connectivity index (χ4n) is 4.42. The first-order valence-electron chi connectivity index (χ1n) is 14.0. The van der Waals surface area contributed by atoms with Gasteiger partial charge in [-0.1, -0.05) is 0 Å². The summed E-state index contributed by atoms with van der Waals surface area (Å²) in [5.74, 6) is 4.48. The Kier molecular flexibility index (Phi) is 10.6. The lowest BCUT2D eigenvalue weighted by Crippen LogP contribution is -2.37. The number of aromatic nitrogens is 4. The summed E-state index contributed by atoms with van der Waals surface area (Å²) in [6.45, 7) is 0.506. The van der Waals surface area contributed by atoms with Crippen LogP contribution in [0.3, 0.4) is 0 Å². The number of hydrogen-bond donors (Lipinski definition) is 10. The van der Waals surface area contributed by atoms with E-state index >= 15 is 0 Å². The molecular formula is C28H35N15O3. The molecule has 15 N–H and O–H groups in total. The van der Waals surface area contributed by atoms with Crippen molar-refractivity contribution in [3.8, 4) is 0 Å². The Balaban J connectivity index is 1.29. The average Bonchev–Trinajstić information content (AvgIpc) is 3.04. The Labute approximate surface area is 263 Å². The molecule has 2 amide bonds. The van der Waals surface area contributed by atoms with Crippen molar-refractivity contribution in [2.75, 3.05) is 41.4 Å². The number of nitrogens with two attached hydrogens (primary N) is 5. The van der Waals surface area contributed by atoms with Gasteiger partial charge in [-0.05, 0) is 49.2 Å². The monoisotopic (exact) mass is 629 g/mol. The number of amides is 2. The Morgan fingerprint density at radius 2 is 1.74 bits per heavy atom. The fourth-order valence-corrected chi connectivity index (χ4v) is 4.42. The summed E-state index contributed by atoms with van der Waals surface area (Å²) in [6, 6.07) is 8.99. The van der Waals surface area contributed by atoms with E-state index in [4.69, 9.17) is 28.8 Å². The van der Waals surface area contributed by atoms with E-state index in [1.165, 1.54) is 6.20 Å². The minimum absolute atomic E-state index is 0.00826. The van der Waals surface area contributed by atoms with Crippen molar-refractivity contribution in [1.82, 2.24) is 36.1 Å². The maximum Gasteiger partial charge on any atom is 0.253 e. The molecule has 46 heavy (non-hydrogen) atoms. The van der Waals surface area contributed by atoms with E-state index in [0.29, 0.717) is 40.7 Å². The van der Waals surface area contributed by atoms with Gasteiger partial charge in [0.1, 0.15) is 6.29 Å². The molecule has 0 saturated carbocycles. The largest absolute Gasteiger partial charge is 0.398 e. The number of hydrazone groups is 1. The first kappa shape index (κ1) is 32.6. The van der Waals surface area contributed by atoms with Crippen LogP contribution in [0.1, 0.15) is 44.8 Å². The van der Waals surface area contributed by atoms with Crippen molar-refractivity contribution >= 4 is 63.9 Å². The third kappa shape index (κ3) is 7.99. The normalized spacial score (nSPS) is 11.8. The molecule has 2 aromatic carbocycles. The summed E-state index contributed by atoms with van der Waals surface area (Å²) in [5.41, 5.74) is 29.3. The lowest BCUT2D eigenvalue weighted by atomic mass is 10.0. The van der Waals surface area contributed by atoms with Gasteiger partial charge in [0.2, 0.25) is 5.95 Å². The van der Waals surface area contributed by atoms with Crippen LogP contribution in [0.4, 0.5) is 28.8 Å². The highest BCUT2D eigenvalue weighted by atomic mass is 16.2. The lowest BCUT2D eigenvalue weighted by Gasteiger charge is -2.15. The summed E-state index contributed by atoms with van der Waals surface area (Å²) in [4.78, 5) is 54.0. The van der Waals surface area contributed by atoms with E-state index in [2.05, 4.69) is 51.8 Å². The fraction of sp³-hybridized carbons (Fsp3) is 0.214. The van der Waals surface area contributed by atoms with E-state index in [1.54, 1.807) is 43.4 Å². The molecule has 0 radical (unpaired) electrons. The van der Waals surface area contributed by atoms with E-state index in [-0.39, 0.29) is 54.0 Å². The van der Waals surface area contributed by atoms with E-state index in [0.717, 1.165) is 5.69 Å². The molecule has 0 aliphatic heterocycles. The Morgan fingerprint density at radius 1 is 0.978 bits per heavy atom. The number of nitrogens with one attached hydrogen (secondary N) is 5. The van der Waals surface area contributed by atoms with Crippen molar-refractivity contribution in [1.29, 1.82) is 0 Å². The van der Waals surface area contributed by atoms with Gasteiger partial charge >= 0.3 is 0 Å². The van der Waals surface area contributed by atoms with Crippen LogP contribution in [0.2, 0.25) is 0 Å². The SMILES string of the molecule is CNc1ccc(C(=O)NCCCC(C=O)NC(=O)c2ccc(NCc3cnc4nc(N)nc(N)c4n3)cc2N)c(/C(N)=N/NN)c1. The molecular weight excluding hydrogens is 594 g/mol. The third-order valence-corrected chi connectivity index (χ3v) is 6.74.